The standard InChI is InChI=1S/C26H37N3O2/c1-6-28(7-2)26(30)24-15-23(18-29(24)17-21-11-9-8-10-12-21)27-16-22-13-14-25(31-5)20(4)19(22)3/h8-14,23-24,27H,6-7,15-18H2,1-5H3/t23-,24+/m1/s1. The Hall–Kier alpha value is -2.37. The first-order chi connectivity index (χ1) is 15.0. The Morgan fingerprint density at radius 3 is 2.45 bits per heavy atom. The molecule has 168 valence electrons. The first kappa shape index (κ1) is 23.3. The molecule has 0 spiro atoms. The summed E-state index contributed by atoms with van der Waals surface area (Å²) in [6.45, 7) is 12.4. The maximum atomic E-state index is 13.2. The van der Waals surface area contributed by atoms with E-state index >= 15 is 0 Å². The molecular formula is C26H37N3O2. The van der Waals surface area contributed by atoms with Crippen molar-refractivity contribution in [2.24, 2.45) is 0 Å². The Morgan fingerprint density at radius 1 is 1.10 bits per heavy atom. The molecule has 1 amide bonds. The molecule has 0 aliphatic carbocycles. The fourth-order valence-electron chi connectivity index (χ4n) is 4.57. The van der Waals surface area contributed by atoms with Crippen molar-refractivity contribution in [3.05, 3.63) is 64.7 Å². The fraction of sp³-hybridized carbons (Fsp3) is 0.500. The van der Waals surface area contributed by atoms with Gasteiger partial charge in [0, 0.05) is 38.8 Å². The monoisotopic (exact) mass is 423 g/mol. The van der Waals surface area contributed by atoms with Crippen LogP contribution >= 0.6 is 0 Å². The summed E-state index contributed by atoms with van der Waals surface area (Å²) in [7, 11) is 1.71. The molecule has 2 aromatic carbocycles. The number of hydrogen-bond donors (Lipinski definition) is 1. The quantitative estimate of drug-likeness (QED) is 0.664. The highest BCUT2D eigenvalue weighted by Crippen LogP contribution is 2.26. The number of rotatable bonds is 9. The fourth-order valence-corrected chi connectivity index (χ4v) is 4.57. The number of likely N-dealkylation sites (N-methyl/N-ethyl adjacent to an activating group) is 1. The molecule has 1 aliphatic rings. The Morgan fingerprint density at radius 2 is 1.81 bits per heavy atom. The van der Waals surface area contributed by atoms with Crippen molar-refractivity contribution in [3.63, 3.8) is 0 Å². The van der Waals surface area contributed by atoms with Gasteiger partial charge in [0.05, 0.1) is 13.2 Å². The lowest BCUT2D eigenvalue weighted by atomic mass is 10.0. The average Bonchev–Trinajstić information content (AvgIpc) is 3.18. The third-order valence-corrected chi connectivity index (χ3v) is 6.64. The molecule has 0 aromatic heterocycles. The predicted octanol–water partition coefficient (Wildman–Crippen LogP) is 3.91. The molecule has 0 radical (unpaired) electrons. The minimum Gasteiger partial charge on any atom is -0.496 e. The molecule has 3 rings (SSSR count). The van der Waals surface area contributed by atoms with Gasteiger partial charge in [0.2, 0.25) is 5.91 Å². The summed E-state index contributed by atoms with van der Waals surface area (Å²) in [6, 6.07) is 14.9. The number of likely N-dealkylation sites (tertiary alicyclic amines) is 1. The van der Waals surface area contributed by atoms with Gasteiger partial charge in [-0.25, -0.2) is 0 Å². The number of carbonyl (C=O) groups excluding carboxylic acids is 1. The van der Waals surface area contributed by atoms with Crippen molar-refractivity contribution in [2.75, 3.05) is 26.7 Å². The van der Waals surface area contributed by atoms with E-state index < -0.39 is 0 Å². The van der Waals surface area contributed by atoms with E-state index in [1.165, 1.54) is 22.3 Å². The van der Waals surface area contributed by atoms with Crippen molar-refractivity contribution < 1.29 is 9.53 Å². The minimum atomic E-state index is -0.0729. The second-order valence-electron chi connectivity index (χ2n) is 8.43. The predicted molar refractivity (Wildman–Crippen MR) is 126 cm³/mol. The lowest BCUT2D eigenvalue weighted by molar-refractivity contribution is -0.135. The van der Waals surface area contributed by atoms with E-state index in [4.69, 9.17) is 4.74 Å². The average molecular weight is 424 g/mol. The van der Waals surface area contributed by atoms with Gasteiger partial charge in [0.1, 0.15) is 5.75 Å². The maximum absolute atomic E-state index is 13.2. The van der Waals surface area contributed by atoms with Gasteiger partial charge in [-0.1, -0.05) is 36.4 Å². The first-order valence-corrected chi connectivity index (χ1v) is 11.4. The molecule has 2 atom stereocenters. The van der Waals surface area contributed by atoms with Gasteiger partial charge in [0.25, 0.3) is 0 Å². The lowest BCUT2D eigenvalue weighted by Crippen LogP contribution is -2.45. The van der Waals surface area contributed by atoms with Gasteiger partial charge in [-0.15, -0.1) is 0 Å². The van der Waals surface area contributed by atoms with Crippen molar-refractivity contribution in [3.8, 4) is 5.75 Å². The van der Waals surface area contributed by atoms with Crippen molar-refractivity contribution in [1.82, 2.24) is 15.1 Å². The number of methoxy groups -OCH3 is 1. The molecule has 31 heavy (non-hydrogen) atoms. The van der Waals surface area contributed by atoms with Crippen LogP contribution in [0.15, 0.2) is 42.5 Å². The van der Waals surface area contributed by atoms with Crippen LogP contribution in [-0.4, -0.2) is 54.5 Å². The molecule has 5 nitrogen and oxygen atoms in total. The smallest absolute Gasteiger partial charge is 0.239 e. The van der Waals surface area contributed by atoms with Crippen molar-refractivity contribution in [2.45, 2.75) is 59.3 Å². The number of hydrogen-bond acceptors (Lipinski definition) is 4. The normalized spacial score (nSPS) is 18.9. The van der Waals surface area contributed by atoms with Crippen LogP contribution in [0.5, 0.6) is 5.75 Å². The highest BCUT2D eigenvalue weighted by atomic mass is 16.5. The zero-order chi connectivity index (χ0) is 22.4. The Balaban J connectivity index is 1.72. The van der Waals surface area contributed by atoms with Crippen LogP contribution in [-0.2, 0) is 17.9 Å². The van der Waals surface area contributed by atoms with E-state index in [1.807, 2.05) is 17.0 Å². The molecular weight excluding hydrogens is 386 g/mol. The van der Waals surface area contributed by atoms with Gasteiger partial charge >= 0.3 is 0 Å². The van der Waals surface area contributed by atoms with Crippen molar-refractivity contribution in [1.29, 1.82) is 0 Å². The molecule has 1 heterocycles. The molecule has 1 aliphatic heterocycles. The van der Waals surface area contributed by atoms with Crippen molar-refractivity contribution >= 4 is 5.91 Å². The third-order valence-electron chi connectivity index (χ3n) is 6.64. The molecule has 1 saturated heterocycles. The number of nitrogens with one attached hydrogen (secondary N) is 1. The molecule has 2 aromatic rings. The van der Waals surface area contributed by atoms with Crippen LogP contribution in [0, 0.1) is 13.8 Å². The second kappa shape index (κ2) is 10.8. The van der Waals surface area contributed by atoms with E-state index in [2.05, 4.69) is 68.2 Å². The van der Waals surface area contributed by atoms with Crippen LogP contribution in [0.2, 0.25) is 0 Å². The Labute approximate surface area is 187 Å². The summed E-state index contributed by atoms with van der Waals surface area (Å²) in [5.74, 6) is 1.18. The number of amides is 1. The molecule has 1 fully saturated rings. The Kier molecular flexibility index (Phi) is 8.10. The van der Waals surface area contributed by atoms with Gasteiger partial charge in [-0.2, -0.15) is 0 Å². The van der Waals surface area contributed by atoms with Gasteiger partial charge in [0.15, 0.2) is 0 Å². The van der Waals surface area contributed by atoms with E-state index in [1.54, 1.807) is 7.11 Å². The summed E-state index contributed by atoms with van der Waals surface area (Å²) in [5.41, 5.74) is 4.99. The molecule has 1 N–H and O–H groups in total. The van der Waals surface area contributed by atoms with E-state index in [0.29, 0.717) is 0 Å². The minimum absolute atomic E-state index is 0.0729. The van der Waals surface area contributed by atoms with Crippen LogP contribution in [0.25, 0.3) is 0 Å². The maximum Gasteiger partial charge on any atom is 0.239 e. The molecule has 0 saturated carbocycles. The molecule has 0 bridgehead atoms. The first-order valence-electron chi connectivity index (χ1n) is 11.4. The topological polar surface area (TPSA) is 44.8 Å². The van der Waals surface area contributed by atoms with E-state index in [0.717, 1.165) is 44.9 Å². The number of carbonyl (C=O) groups is 1. The molecule has 0 unspecified atom stereocenters. The summed E-state index contributed by atoms with van der Waals surface area (Å²) in [6.07, 6.45) is 0.844. The largest absolute Gasteiger partial charge is 0.496 e. The van der Waals surface area contributed by atoms with Crippen LogP contribution in [0.3, 0.4) is 0 Å². The second-order valence-corrected chi connectivity index (χ2v) is 8.43. The van der Waals surface area contributed by atoms with Gasteiger partial charge in [-0.3, -0.25) is 9.69 Å². The van der Waals surface area contributed by atoms with E-state index in [-0.39, 0.29) is 18.0 Å². The highest BCUT2D eigenvalue weighted by Gasteiger charge is 2.38. The third kappa shape index (κ3) is 5.46. The zero-order valence-electron chi connectivity index (χ0n) is 19.6. The number of nitrogens with zero attached hydrogens (tertiary/aromatic N) is 2. The van der Waals surface area contributed by atoms with Crippen LogP contribution in [0.4, 0.5) is 0 Å². The number of ether oxygens (including phenoxy) is 1. The molecule has 5 heteroatoms. The van der Waals surface area contributed by atoms with Crippen LogP contribution in [0.1, 0.15) is 42.5 Å². The summed E-state index contributed by atoms with van der Waals surface area (Å²) in [5, 5.41) is 3.73. The zero-order valence-corrected chi connectivity index (χ0v) is 19.6. The Bertz CT molecular complexity index is 864. The summed E-state index contributed by atoms with van der Waals surface area (Å²) < 4.78 is 5.44. The summed E-state index contributed by atoms with van der Waals surface area (Å²) >= 11 is 0. The summed E-state index contributed by atoms with van der Waals surface area (Å²) in [4.78, 5) is 17.5. The van der Waals surface area contributed by atoms with Crippen LogP contribution < -0.4 is 10.1 Å². The van der Waals surface area contributed by atoms with E-state index in [9.17, 15) is 4.79 Å². The number of benzene rings is 2. The SMILES string of the molecule is CCN(CC)C(=O)[C@@H]1C[C@@H](NCc2ccc(OC)c(C)c2C)CN1Cc1ccccc1. The highest BCUT2D eigenvalue weighted by molar-refractivity contribution is 5.82. The van der Waals surface area contributed by atoms with Gasteiger partial charge in [-0.05, 0) is 62.4 Å². The lowest BCUT2D eigenvalue weighted by Gasteiger charge is -2.28. The van der Waals surface area contributed by atoms with Gasteiger partial charge < -0.3 is 15.0 Å².